The van der Waals surface area contributed by atoms with Gasteiger partial charge in [0.1, 0.15) is 17.3 Å². The molecule has 0 saturated carbocycles. The average molecular weight is 353 g/mol. The molecule has 0 spiro atoms. The number of hydrogen-bond donors (Lipinski definition) is 1. The normalized spacial score (nSPS) is 11.8. The van der Waals surface area contributed by atoms with Gasteiger partial charge in [-0.05, 0) is 54.8 Å². The highest BCUT2D eigenvalue weighted by atomic mass is 19.1. The second kappa shape index (κ2) is 7.87. The zero-order valence-corrected chi connectivity index (χ0v) is 14.7. The molecule has 1 N–H and O–H groups in total. The number of nitrogens with one attached hydrogen (secondary N) is 1. The molecule has 1 aromatic heterocycles. The van der Waals surface area contributed by atoms with Gasteiger partial charge in [0.05, 0.1) is 25.0 Å². The topological polar surface area (TPSA) is 51.5 Å². The van der Waals surface area contributed by atoms with Crippen LogP contribution in [0.5, 0.6) is 5.75 Å². The number of rotatable bonds is 6. The standard InChI is InChI=1S/C21H20FNO3/c1-14-19(11-12-26-14)21(24)23-20(13-15-3-7-17(22)8-4-15)16-5-9-18(25-2)10-6-16/h3-12,20H,13H2,1-2H3,(H,23,24). The highest BCUT2D eigenvalue weighted by Gasteiger charge is 2.19. The lowest BCUT2D eigenvalue weighted by molar-refractivity contribution is 0.0935. The second-order valence-corrected chi connectivity index (χ2v) is 6.02. The summed E-state index contributed by atoms with van der Waals surface area (Å²) in [6, 6.07) is 15.2. The molecule has 134 valence electrons. The number of hydrogen-bond acceptors (Lipinski definition) is 3. The number of furan rings is 1. The Kier molecular flexibility index (Phi) is 5.37. The van der Waals surface area contributed by atoms with Gasteiger partial charge in [0.25, 0.3) is 5.91 Å². The molecular weight excluding hydrogens is 333 g/mol. The van der Waals surface area contributed by atoms with Crippen molar-refractivity contribution in [2.24, 2.45) is 0 Å². The van der Waals surface area contributed by atoms with Crippen LogP contribution < -0.4 is 10.1 Å². The summed E-state index contributed by atoms with van der Waals surface area (Å²) < 4.78 is 23.6. The lowest BCUT2D eigenvalue weighted by Gasteiger charge is -2.20. The van der Waals surface area contributed by atoms with Crippen LogP contribution in [0.3, 0.4) is 0 Å². The van der Waals surface area contributed by atoms with Gasteiger partial charge in [-0.1, -0.05) is 24.3 Å². The van der Waals surface area contributed by atoms with E-state index in [4.69, 9.17) is 9.15 Å². The van der Waals surface area contributed by atoms with Crippen molar-refractivity contribution in [2.75, 3.05) is 7.11 Å². The van der Waals surface area contributed by atoms with Crippen LogP contribution in [0.2, 0.25) is 0 Å². The number of halogens is 1. The van der Waals surface area contributed by atoms with Gasteiger partial charge < -0.3 is 14.5 Å². The highest BCUT2D eigenvalue weighted by molar-refractivity contribution is 5.95. The highest BCUT2D eigenvalue weighted by Crippen LogP contribution is 2.23. The second-order valence-electron chi connectivity index (χ2n) is 6.02. The van der Waals surface area contributed by atoms with Crippen molar-refractivity contribution in [1.29, 1.82) is 0 Å². The summed E-state index contributed by atoms with van der Waals surface area (Å²) in [7, 11) is 1.61. The first-order valence-corrected chi connectivity index (χ1v) is 8.30. The number of carbonyl (C=O) groups excluding carboxylic acids is 1. The smallest absolute Gasteiger partial charge is 0.255 e. The lowest BCUT2D eigenvalue weighted by atomic mass is 9.98. The molecule has 1 amide bonds. The van der Waals surface area contributed by atoms with Crippen LogP contribution in [-0.4, -0.2) is 13.0 Å². The number of aryl methyl sites for hydroxylation is 1. The minimum absolute atomic E-state index is 0.209. The Morgan fingerprint density at radius 2 is 1.81 bits per heavy atom. The maximum atomic E-state index is 13.2. The quantitative estimate of drug-likeness (QED) is 0.712. The van der Waals surface area contributed by atoms with Gasteiger partial charge >= 0.3 is 0 Å². The number of methoxy groups -OCH3 is 1. The number of benzene rings is 2. The molecule has 0 saturated heterocycles. The molecule has 5 heteroatoms. The molecule has 0 aliphatic rings. The molecule has 0 bridgehead atoms. The van der Waals surface area contributed by atoms with Gasteiger partial charge in [-0.25, -0.2) is 4.39 Å². The van der Waals surface area contributed by atoms with Crippen molar-refractivity contribution in [3.05, 3.63) is 89.1 Å². The van der Waals surface area contributed by atoms with E-state index in [9.17, 15) is 9.18 Å². The van der Waals surface area contributed by atoms with E-state index in [1.807, 2.05) is 24.3 Å². The van der Waals surface area contributed by atoms with Gasteiger partial charge in [0.15, 0.2) is 0 Å². The first kappa shape index (κ1) is 17.7. The molecule has 0 fully saturated rings. The minimum atomic E-state index is -0.284. The Hall–Kier alpha value is -3.08. The molecule has 2 aromatic carbocycles. The van der Waals surface area contributed by atoms with E-state index in [2.05, 4.69) is 5.32 Å². The van der Waals surface area contributed by atoms with Crippen LogP contribution in [0.15, 0.2) is 65.3 Å². The van der Waals surface area contributed by atoms with Crippen molar-refractivity contribution in [1.82, 2.24) is 5.32 Å². The Morgan fingerprint density at radius 1 is 1.12 bits per heavy atom. The summed E-state index contributed by atoms with van der Waals surface area (Å²) in [6.45, 7) is 1.75. The Labute approximate surface area is 151 Å². The third-order valence-corrected chi connectivity index (χ3v) is 4.28. The fourth-order valence-corrected chi connectivity index (χ4v) is 2.80. The molecule has 3 aromatic rings. The van der Waals surface area contributed by atoms with Crippen LogP contribution in [-0.2, 0) is 6.42 Å². The van der Waals surface area contributed by atoms with Gasteiger partial charge in [-0.3, -0.25) is 4.79 Å². The largest absolute Gasteiger partial charge is 0.497 e. The van der Waals surface area contributed by atoms with E-state index in [1.54, 1.807) is 32.2 Å². The summed E-state index contributed by atoms with van der Waals surface area (Å²) in [4.78, 5) is 12.6. The van der Waals surface area contributed by atoms with Crippen LogP contribution in [0, 0.1) is 12.7 Å². The van der Waals surface area contributed by atoms with Crippen LogP contribution in [0.25, 0.3) is 0 Å². The zero-order valence-electron chi connectivity index (χ0n) is 14.7. The maximum absolute atomic E-state index is 13.2. The van der Waals surface area contributed by atoms with E-state index >= 15 is 0 Å². The molecule has 1 unspecified atom stereocenters. The van der Waals surface area contributed by atoms with Crippen molar-refractivity contribution in [2.45, 2.75) is 19.4 Å². The number of carbonyl (C=O) groups is 1. The third kappa shape index (κ3) is 4.11. The molecular formula is C21H20FNO3. The third-order valence-electron chi connectivity index (χ3n) is 4.28. The summed E-state index contributed by atoms with van der Waals surface area (Å²) in [6.07, 6.45) is 2.03. The van der Waals surface area contributed by atoms with E-state index in [1.165, 1.54) is 18.4 Å². The van der Waals surface area contributed by atoms with Crippen LogP contribution in [0.4, 0.5) is 4.39 Å². The van der Waals surface area contributed by atoms with Crippen molar-refractivity contribution < 1.29 is 18.3 Å². The van der Waals surface area contributed by atoms with E-state index in [-0.39, 0.29) is 17.8 Å². The Bertz CT molecular complexity index is 869. The molecule has 1 atom stereocenters. The molecule has 0 aliphatic carbocycles. The van der Waals surface area contributed by atoms with Gasteiger partial charge in [-0.15, -0.1) is 0 Å². The van der Waals surface area contributed by atoms with Crippen LogP contribution in [0.1, 0.15) is 33.3 Å². The number of amides is 1. The van der Waals surface area contributed by atoms with Gasteiger partial charge in [0, 0.05) is 0 Å². The van der Waals surface area contributed by atoms with Crippen molar-refractivity contribution >= 4 is 5.91 Å². The Morgan fingerprint density at radius 3 is 2.38 bits per heavy atom. The van der Waals surface area contributed by atoms with Gasteiger partial charge in [-0.2, -0.15) is 0 Å². The summed E-state index contributed by atoms with van der Waals surface area (Å²) >= 11 is 0. The summed E-state index contributed by atoms with van der Waals surface area (Å²) in [5.74, 6) is 0.816. The first-order valence-electron chi connectivity index (χ1n) is 8.30. The monoisotopic (exact) mass is 353 g/mol. The van der Waals surface area contributed by atoms with Crippen LogP contribution >= 0.6 is 0 Å². The molecule has 4 nitrogen and oxygen atoms in total. The molecule has 0 aliphatic heterocycles. The molecule has 1 heterocycles. The summed E-state index contributed by atoms with van der Waals surface area (Å²) in [5.41, 5.74) is 2.36. The SMILES string of the molecule is COc1ccc(C(Cc2ccc(F)cc2)NC(=O)c2ccoc2C)cc1. The van der Waals surface area contributed by atoms with Crippen molar-refractivity contribution in [3.63, 3.8) is 0 Å². The first-order chi connectivity index (χ1) is 12.6. The summed E-state index contributed by atoms with van der Waals surface area (Å²) in [5, 5.41) is 3.04. The molecule has 3 rings (SSSR count). The predicted octanol–water partition coefficient (Wildman–Crippen LogP) is 4.45. The number of ether oxygens (including phenoxy) is 1. The predicted molar refractivity (Wildman–Crippen MR) is 96.8 cm³/mol. The molecule has 0 radical (unpaired) electrons. The van der Waals surface area contributed by atoms with E-state index in [0.29, 0.717) is 17.7 Å². The Balaban J connectivity index is 1.85. The zero-order chi connectivity index (χ0) is 18.5. The fourth-order valence-electron chi connectivity index (χ4n) is 2.80. The van der Waals surface area contributed by atoms with Gasteiger partial charge in [0.2, 0.25) is 0 Å². The maximum Gasteiger partial charge on any atom is 0.255 e. The van der Waals surface area contributed by atoms with E-state index < -0.39 is 0 Å². The minimum Gasteiger partial charge on any atom is -0.497 e. The average Bonchev–Trinajstić information content (AvgIpc) is 3.09. The fraction of sp³-hybridized carbons (Fsp3) is 0.190. The molecule has 26 heavy (non-hydrogen) atoms. The van der Waals surface area contributed by atoms with E-state index in [0.717, 1.165) is 16.9 Å². The lowest BCUT2D eigenvalue weighted by Crippen LogP contribution is -2.30. The van der Waals surface area contributed by atoms with Crippen molar-refractivity contribution in [3.8, 4) is 5.75 Å².